The van der Waals surface area contributed by atoms with Crippen LogP contribution in [0.25, 0.3) is 5.65 Å². The van der Waals surface area contributed by atoms with E-state index in [1.807, 2.05) is 24.1 Å². The molecule has 1 atom stereocenters. The number of hydrogen-bond acceptors (Lipinski definition) is 7. The minimum Gasteiger partial charge on any atom is -0.368 e. The average Bonchev–Trinajstić information content (AvgIpc) is 3.29. The molecule has 138 valence electrons. The summed E-state index contributed by atoms with van der Waals surface area (Å²) in [5, 5.41) is 12.4. The molecule has 2 aromatic heterocycles. The second-order valence-electron chi connectivity index (χ2n) is 7.64. The number of likely N-dealkylation sites (tertiary alicyclic amines) is 1. The zero-order chi connectivity index (χ0) is 17.7. The highest BCUT2D eigenvalue weighted by atomic mass is 16.5. The van der Waals surface area contributed by atoms with E-state index in [1.54, 1.807) is 10.8 Å². The highest BCUT2D eigenvalue weighted by molar-refractivity contribution is 5.82. The zero-order valence-corrected chi connectivity index (χ0v) is 14.9. The molecule has 3 aliphatic heterocycles. The number of morpholine rings is 1. The summed E-state index contributed by atoms with van der Waals surface area (Å²) in [6.45, 7) is 4.57. The number of carbonyl (C=O) groups excluding carboxylic acids is 1. The molecule has 0 aromatic carbocycles. The largest absolute Gasteiger partial charge is 0.368 e. The maximum absolute atomic E-state index is 12.7. The van der Waals surface area contributed by atoms with Gasteiger partial charge in [0.1, 0.15) is 23.8 Å². The molecular weight excluding hydrogens is 334 g/mol. The van der Waals surface area contributed by atoms with Crippen molar-refractivity contribution in [3.63, 3.8) is 0 Å². The minimum atomic E-state index is -0.208. The van der Waals surface area contributed by atoms with E-state index in [0.29, 0.717) is 6.61 Å². The first-order valence-corrected chi connectivity index (χ1v) is 9.19. The Balaban J connectivity index is 1.23. The molecule has 0 bridgehead atoms. The second kappa shape index (κ2) is 5.88. The molecule has 0 unspecified atom stereocenters. The Kier molecular flexibility index (Phi) is 3.61. The van der Waals surface area contributed by atoms with Gasteiger partial charge >= 0.3 is 0 Å². The molecule has 5 heterocycles. The van der Waals surface area contributed by atoms with E-state index in [2.05, 4.69) is 25.1 Å². The first-order chi connectivity index (χ1) is 12.6. The van der Waals surface area contributed by atoms with Gasteiger partial charge in [0.2, 0.25) is 5.91 Å². The maximum Gasteiger partial charge on any atom is 0.242 e. The van der Waals surface area contributed by atoms with Gasteiger partial charge in [-0.1, -0.05) is 0 Å². The molecule has 0 radical (unpaired) electrons. The van der Waals surface area contributed by atoms with E-state index in [4.69, 9.17) is 4.74 Å². The van der Waals surface area contributed by atoms with Crippen LogP contribution in [0.4, 0.5) is 5.82 Å². The van der Waals surface area contributed by atoms with Gasteiger partial charge in [-0.25, -0.2) is 0 Å². The Bertz CT molecular complexity index is 825. The van der Waals surface area contributed by atoms with Crippen LogP contribution in [-0.4, -0.2) is 93.5 Å². The molecule has 2 aromatic rings. The molecule has 9 heteroatoms. The van der Waals surface area contributed by atoms with Crippen LogP contribution < -0.4 is 4.90 Å². The SMILES string of the molecule is CN1CC2(CN(c3ccc4nncn4n3)C2)OC[C@@H]1C(=O)N1CCCC1. The Labute approximate surface area is 151 Å². The number of anilines is 1. The van der Waals surface area contributed by atoms with E-state index >= 15 is 0 Å². The van der Waals surface area contributed by atoms with Gasteiger partial charge in [-0.05, 0) is 32.0 Å². The van der Waals surface area contributed by atoms with E-state index in [-0.39, 0.29) is 17.6 Å². The van der Waals surface area contributed by atoms with Crippen LogP contribution in [0, 0.1) is 0 Å². The van der Waals surface area contributed by atoms with Gasteiger partial charge in [-0.15, -0.1) is 15.3 Å². The highest BCUT2D eigenvalue weighted by Gasteiger charge is 2.50. The quantitative estimate of drug-likeness (QED) is 0.726. The number of amides is 1. The number of hydrogen-bond donors (Lipinski definition) is 0. The summed E-state index contributed by atoms with van der Waals surface area (Å²) < 4.78 is 7.88. The number of nitrogens with zero attached hydrogens (tertiary/aromatic N) is 7. The summed E-state index contributed by atoms with van der Waals surface area (Å²) in [6, 6.07) is 3.72. The number of likely N-dealkylation sites (N-methyl/N-ethyl adjacent to an activating group) is 1. The van der Waals surface area contributed by atoms with E-state index in [1.165, 1.54) is 0 Å². The predicted octanol–water partition coefficient (Wildman–Crippen LogP) is -0.364. The van der Waals surface area contributed by atoms with Crippen LogP contribution in [0.1, 0.15) is 12.8 Å². The second-order valence-corrected chi connectivity index (χ2v) is 7.64. The topological polar surface area (TPSA) is 79.1 Å². The van der Waals surface area contributed by atoms with E-state index < -0.39 is 0 Å². The molecule has 1 amide bonds. The molecule has 3 aliphatic rings. The fraction of sp³-hybridized carbons (Fsp3) is 0.647. The van der Waals surface area contributed by atoms with Crippen LogP contribution in [-0.2, 0) is 9.53 Å². The normalized spacial score (nSPS) is 25.8. The number of ether oxygens (including phenoxy) is 1. The summed E-state index contributed by atoms with van der Waals surface area (Å²) >= 11 is 0. The lowest BCUT2D eigenvalue weighted by Gasteiger charge is -2.55. The van der Waals surface area contributed by atoms with Crippen LogP contribution in [0.3, 0.4) is 0 Å². The molecule has 5 rings (SSSR count). The molecule has 1 spiro atoms. The van der Waals surface area contributed by atoms with E-state index in [0.717, 1.165) is 57.0 Å². The third-order valence-corrected chi connectivity index (χ3v) is 5.75. The van der Waals surface area contributed by atoms with Crippen molar-refractivity contribution in [2.75, 3.05) is 51.3 Å². The fourth-order valence-corrected chi connectivity index (χ4v) is 4.29. The summed E-state index contributed by atoms with van der Waals surface area (Å²) in [5.41, 5.74) is 0.529. The molecule has 3 saturated heterocycles. The first-order valence-electron chi connectivity index (χ1n) is 9.19. The average molecular weight is 357 g/mol. The monoisotopic (exact) mass is 357 g/mol. The molecular formula is C17H23N7O2. The van der Waals surface area contributed by atoms with Crippen molar-refractivity contribution in [2.45, 2.75) is 24.5 Å². The Morgan fingerprint density at radius 2 is 2.04 bits per heavy atom. The van der Waals surface area contributed by atoms with Gasteiger partial charge in [-0.2, -0.15) is 4.52 Å². The Hall–Kier alpha value is -2.26. The molecule has 3 fully saturated rings. The van der Waals surface area contributed by atoms with Crippen molar-refractivity contribution in [3.05, 3.63) is 18.5 Å². The lowest BCUT2D eigenvalue weighted by atomic mass is 9.90. The van der Waals surface area contributed by atoms with Gasteiger partial charge in [0.05, 0.1) is 19.7 Å². The lowest BCUT2D eigenvalue weighted by molar-refractivity contribution is -0.164. The van der Waals surface area contributed by atoms with Crippen LogP contribution in [0.2, 0.25) is 0 Å². The van der Waals surface area contributed by atoms with Gasteiger partial charge in [0.15, 0.2) is 5.65 Å². The number of rotatable bonds is 2. The summed E-state index contributed by atoms with van der Waals surface area (Å²) in [5.74, 6) is 1.11. The van der Waals surface area contributed by atoms with Crippen LogP contribution >= 0.6 is 0 Å². The van der Waals surface area contributed by atoms with E-state index in [9.17, 15) is 4.79 Å². The molecule has 9 nitrogen and oxygen atoms in total. The smallest absolute Gasteiger partial charge is 0.242 e. The third kappa shape index (κ3) is 2.53. The van der Waals surface area contributed by atoms with Crippen molar-refractivity contribution in [1.29, 1.82) is 0 Å². The maximum atomic E-state index is 12.7. The third-order valence-electron chi connectivity index (χ3n) is 5.75. The summed E-state index contributed by atoms with van der Waals surface area (Å²) in [4.78, 5) is 19.0. The van der Waals surface area contributed by atoms with Crippen molar-refractivity contribution in [1.82, 2.24) is 29.6 Å². The molecule has 26 heavy (non-hydrogen) atoms. The fourth-order valence-electron chi connectivity index (χ4n) is 4.29. The molecule has 0 saturated carbocycles. The van der Waals surface area contributed by atoms with Gasteiger partial charge in [0.25, 0.3) is 0 Å². The van der Waals surface area contributed by atoms with Gasteiger partial charge < -0.3 is 14.5 Å². The lowest BCUT2D eigenvalue weighted by Crippen LogP contribution is -2.72. The summed E-state index contributed by atoms with van der Waals surface area (Å²) in [7, 11) is 2.03. The first kappa shape index (κ1) is 16.0. The molecule has 0 N–H and O–H groups in total. The number of carbonyl (C=O) groups is 1. The zero-order valence-electron chi connectivity index (χ0n) is 14.9. The van der Waals surface area contributed by atoms with Crippen molar-refractivity contribution >= 4 is 17.4 Å². The van der Waals surface area contributed by atoms with Crippen molar-refractivity contribution in [2.24, 2.45) is 0 Å². The van der Waals surface area contributed by atoms with Crippen LogP contribution in [0.5, 0.6) is 0 Å². The number of fused-ring (bicyclic) bond motifs is 1. The van der Waals surface area contributed by atoms with Crippen molar-refractivity contribution < 1.29 is 9.53 Å². The highest BCUT2D eigenvalue weighted by Crippen LogP contribution is 2.33. The predicted molar refractivity (Wildman–Crippen MR) is 93.9 cm³/mol. The minimum absolute atomic E-state index is 0.153. The Morgan fingerprint density at radius 1 is 1.23 bits per heavy atom. The Morgan fingerprint density at radius 3 is 2.81 bits per heavy atom. The standard InChI is InChI=1S/C17H23N7O2/c1-21-9-17(26-8-13(21)16(25)22-6-2-3-7-22)10-23(11-17)15-5-4-14-19-18-12-24(14)20-15/h4-5,12-13H,2-3,6-11H2,1H3/t13-/m1/s1. The van der Waals surface area contributed by atoms with Crippen molar-refractivity contribution in [3.8, 4) is 0 Å². The molecule has 0 aliphatic carbocycles. The number of aromatic nitrogens is 4. The van der Waals surface area contributed by atoms with Gasteiger partial charge in [-0.3, -0.25) is 9.69 Å². The van der Waals surface area contributed by atoms with Gasteiger partial charge in [0, 0.05) is 19.6 Å². The van der Waals surface area contributed by atoms with Crippen LogP contribution in [0.15, 0.2) is 18.5 Å². The summed E-state index contributed by atoms with van der Waals surface area (Å²) in [6.07, 6.45) is 3.84.